The molecule has 1 saturated carbocycles. The molecule has 2 aliphatic rings. The summed E-state index contributed by atoms with van der Waals surface area (Å²) >= 11 is 0. The Labute approximate surface area is 155 Å². The number of sulfonamides is 1. The lowest BCUT2D eigenvalue weighted by atomic mass is 9.80. The maximum Gasteiger partial charge on any atom is 0.261 e. The third-order valence-corrected chi connectivity index (χ3v) is 6.69. The fourth-order valence-electron chi connectivity index (χ4n) is 3.63. The van der Waals surface area contributed by atoms with Crippen molar-refractivity contribution in [3.63, 3.8) is 0 Å². The zero-order valence-corrected chi connectivity index (χ0v) is 15.5. The first-order valence-corrected chi connectivity index (χ1v) is 10.7. The first kappa shape index (κ1) is 17.4. The molecule has 5 nitrogen and oxygen atoms in total. The first-order chi connectivity index (χ1) is 12.6. The van der Waals surface area contributed by atoms with E-state index in [1.807, 2.05) is 24.3 Å². The third kappa shape index (κ3) is 3.57. The van der Waals surface area contributed by atoms with Crippen LogP contribution in [0, 0.1) is 5.92 Å². The van der Waals surface area contributed by atoms with Gasteiger partial charge in [-0.1, -0.05) is 36.8 Å². The molecule has 1 atom stereocenters. The molecule has 138 valence electrons. The second-order valence-corrected chi connectivity index (χ2v) is 8.66. The van der Waals surface area contributed by atoms with Crippen molar-refractivity contribution in [2.45, 2.75) is 30.3 Å². The Hall–Kier alpha value is -2.05. The van der Waals surface area contributed by atoms with Crippen LogP contribution in [-0.2, 0) is 14.8 Å². The van der Waals surface area contributed by atoms with Crippen molar-refractivity contribution < 1.29 is 13.2 Å². The maximum absolute atomic E-state index is 12.7. The van der Waals surface area contributed by atoms with E-state index in [4.69, 9.17) is 4.74 Å². The van der Waals surface area contributed by atoms with Crippen molar-refractivity contribution in [1.82, 2.24) is 0 Å². The Morgan fingerprint density at radius 1 is 1.00 bits per heavy atom. The van der Waals surface area contributed by atoms with Crippen molar-refractivity contribution in [2.24, 2.45) is 5.92 Å². The topological polar surface area (TPSA) is 58.6 Å². The van der Waals surface area contributed by atoms with Gasteiger partial charge in [-0.3, -0.25) is 4.72 Å². The molecular weight excluding hydrogens is 348 g/mol. The number of nitrogens with one attached hydrogen (secondary N) is 1. The average molecular weight is 372 g/mol. The van der Waals surface area contributed by atoms with E-state index >= 15 is 0 Å². The van der Waals surface area contributed by atoms with E-state index in [-0.39, 0.29) is 11.0 Å². The fourth-order valence-corrected chi connectivity index (χ4v) is 4.73. The van der Waals surface area contributed by atoms with Crippen LogP contribution in [0.3, 0.4) is 0 Å². The van der Waals surface area contributed by atoms with Crippen LogP contribution in [0.25, 0.3) is 0 Å². The molecule has 1 heterocycles. The number of para-hydroxylation sites is 2. The summed E-state index contributed by atoms with van der Waals surface area (Å²) in [5.41, 5.74) is 1.53. The Morgan fingerprint density at radius 3 is 2.46 bits per heavy atom. The Balaban J connectivity index is 1.57. The van der Waals surface area contributed by atoms with Gasteiger partial charge in [-0.05, 0) is 43.0 Å². The number of nitrogens with zero attached hydrogens (tertiary/aromatic N) is 1. The second kappa shape index (κ2) is 7.29. The van der Waals surface area contributed by atoms with Crippen LogP contribution in [0.15, 0.2) is 59.5 Å². The van der Waals surface area contributed by atoms with Gasteiger partial charge in [0.1, 0.15) is 0 Å². The van der Waals surface area contributed by atoms with Gasteiger partial charge in [0.25, 0.3) is 10.0 Å². The zero-order valence-electron chi connectivity index (χ0n) is 14.7. The number of anilines is 2. The van der Waals surface area contributed by atoms with E-state index in [1.54, 1.807) is 30.3 Å². The Morgan fingerprint density at radius 2 is 1.73 bits per heavy atom. The molecule has 26 heavy (non-hydrogen) atoms. The predicted octanol–water partition coefficient (Wildman–Crippen LogP) is 3.49. The van der Waals surface area contributed by atoms with E-state index in [2.05, 4.69) is 9.62 Å². The van der Waals surface area contributed by atoms with Crippen molar-refractivity contribution >= 4 is 21.4 Å². The van der Waals surface area contributed by atoms with Crippen LogP contribution < -0.4 is 9.62 Å². The van der Waals surface area contributed by atoms with E-state index in [9.17, 15) is 8.42 Å². The lowest BCUT2D eigenvalue weighted by Crippen LogP contribution is -2.47. The predicted molar refractivity (Wildman–Crippen MR) is 103 cm³/mol. The molecule has 2 aromatic carbocycles. The van der Waals surface area contributed by atoms with Crippen LogP contribution >= 0.6 is 0 Å². The maximum atomic E-state index is 12.7. The summed E-state index contributed by atoms with van der Waals surface area (Å²) in [7, 11) is -3.61. The molecule has 1 saturated heterocycles. The highest BCUT2D eigenvalue weighted by Gasteiger charge is 2.32. The molecule has 2 aromatic rings. The molecule has 6 heteroatoms. The highest BCUT2D eigenvalue weighted by Crippen LogP contribution is 2.35. The first-order valence-electron chi connectivity index (χ1n) is 9.17. The Bertz CT molecular complexity index is 850. The molecule has 0 bridgehead atoms. The molecular formula is C20H24N2O3S. The van der Waals surface area contributed by atoms with Gasteiger partial charge in [-0.2, -0.15) is 0 Å². The Kier molecular flexibility index (Phi) is 4.87. The van der Waals surface area contributed by atoms with Gasteiger partial charge in [0.05, 0.1) is 29.0 Å². The minimum absolute atomic E-state index is 0.247. The average Bonchev–Trinajstić information content (AvgIpc) is 2.61. The fraction of sp³-hybridized carbons (Fsp3) is 0.400. The van der Waals surface area contributed by atoms with E-state index < -0.39 is 10.0 Å². The van der Waals surface area contributed by atoms with E-state index in [0.717, 1.165) is 18.8 Å². The van der Waals surface area contributed by atoms with Crippen molar-refractivity contribution in [1.29, 1.82) is 0 Å². The summed E-state index contributed by atoms with van der Waals surface area (Å²) in [4.78, 5) is 2.51. The lowest BCUT2D eigenvalue weighted by molar-refractivity contribution is -0.0223. The highest BCUT2D eigenvalue weighted by atomic mass is 32.2. The van der Waals surface area contributed by atoms with Gasteiger partial charge in [0.15, 0.2) is 0 Å². The van der Waals surface area contributed by atoms with Gasteiger partial charge < -0.3 is 9.64 Å². The molecule has 0 radical (unpaired) electrons. The molecule has 0 amide bonds. The lowest BCUT2D eigenvalue weighted by Gasteiger charge is -2.41. The van der Waals surface area contributed by atoms with Gasteiger partial charge in [0, 0.05) is 13.1 Å². The van der Waals surface area contributed by atoms with Crippen LogP contribution in [0.2, 0.25) is 0 Å². The summed E-state index contributed by atoms with van der Waals surface area (Å²) in [6.07, 6.45) is 4.01. The minimum Gasteiger partial charge on any atom is -0.374 e. The number of morpholine rings is 1. The van der Waals surface area contributed by atoms with Gasteiger partial charge in [-0.25, -0.2) is 8.42 Å². The van der Waals surface area contributed by atoms with Crippen LogP contribution in [-0.4, -0.2) is 34.2 Å². The zero-order chi connectivity index (χ0) is 18.0. The number of benzene rings is 2. The van der Waals surface area contributed by atoms with Crippen molar-refractivity contribution in [3.05, 3.63) is 54.6 Å². The van der Waals surface area contributed by atoms with E-state index in [1.165, 1.54) is 19.3 Å². The minimum atomic E-state index is -3.61. The number of rotatable bonds is 5. The van der Waals surface area contributed by atoms with Crippen LogP contribution in [0.1, 0.15) is 19.3 Å². The normalized spacial score (nSPS) is 21.2. The highest BCUT2D eigenvalue weighted by molar-refractivity contribution is 7.92. The second-order valence-electron chi connectivity index (χ2n) is 6.98. The molecule has 4 rings (SSSR count). The molecule has 1 unspecified atom stereocenters. The van der Waals surface area contributed by atoms with E-state index in [0.29, 0.717) is 18.2 Å². The molecule has 0 spiro atoms. The van der Waals surface area contributed by atoms with Gasteiger partial charge >= 0.3 is 0 Å². The number of ether oxygens (including phenoxy) is 1. The summed E-state index contributed by atoms with van der Waals surface area (Å²) in [5.74, 6) is 0.644. The smallest absolute Gasteiger partial charge is 0.261 e. The standard InChI is InChI=1S/C20H24N2O3S/c23-26(24,17-9-2-1-3-10-17)21-18-11-4-5-12-19(18)22-13-14-25-20(15-22)16-7-6-8-16/h1-5,9-12,16,20-21H,6-8,13-15H2. The summed E-state index contributed by atoms with van der Waals surface area (Å²) in [5, 5.41) is 0. The number of hydrogen-bond acceptors (Lipinski definition) is 4. The molecule has 1 aliphatic carbocycles. The molecule has 1 N–H and O–H groups in total. The van der Waals surface area contributed by atoms with Gasteiger partial charge in [-0.15, -0.1) is 0 Å². The number of hydrogen-bond donors (Lipinski definition) is 1. The molecule has 0 aromatic heterocycles. The third-order valence-electron chi connectivity index (χ3n) is 5.31. The summed E-state index contributed by atoms with van der Waals surface area (Å²) in [6, 6.07) is 16.1. The quantitative estimate of drug-likeness (QED) is 0.873. The summed E-state index contributed by atoms with van der Waals surface area (Å²) < 4.78 is 34.1. The monoisotopic (exact) mass is 372 g/mol. The largest absolute Gasteiger partial charge is 0.374 e. The van der Waals surface area contributed by atoms with Crippen LogP contribution in [0.4, 0.5) is 11.4 Å². The van der Waals surface area contributed by atoms with Gasteiger partial charge in [0.2, 0.25) is 0 Å². The molecule has 2 fully saturated rings. The van der Waals surface area contributed by atoms with Crippen molar-refractivity contribution in [3.8, 4) is 0 Å². The van der Waals surface area contributed by atoms with Crippen LogP contribution in [0.5, 0.6) is 0 Å². The SMILES string of the molecule is O=S(=O)(Nc1ccccc1N1CCOC(C2CCC2)C1)c1ccccc1. The van der Waals surface area contributed by atoms with Crippen molar-refractivity contribution in [2.75, 3.05) is 29.3 Å². The molecule has 1 aliphatic heterocycles. The summed E-state index contributed by atoms with van der Waals surface area (Å²) in [6.45, 7) is 2.27.